The fourth-order valence-corrected chi connectivity index (χ4v) is 2.56. The number of nitrogens with one attached hydrogen (secondary N) is 1. The SMILES string of the molecule is CCCCCN(Cc1nnsc1NCCC)C(C)C. The quantitative estimate of drug-likeness (QED) is 0.664. The Hall–Kier alpha value is -0.680. The van der Waals surface area contributed by atoms with E-state index in [0.717, 1.165) is 36.8 Å². The van der Waals surface area contributed by atoms with Crippen molar-refractivity contribution in [3.05, 3.63) is 5.69 Å². The number of anilines is 1. The molecule has 0 aliphatic heterocycles. The highest BCUT2D eigenvalue weighted by molar-refractivity contribution is 7.10. The molecule has 0 saturated heterocycles. The molecular weight excluding hydrogens is 256 g/mol. The van der Waals surface area contributed by atoms with Gasteiger partial charge in [0.15, 0.2) is 0 Å². The molecule has 0 unspecified atom stereocenters. The molecule has 0 spiro atoms. The van der Waals surface area contributed by atoms with Gasteiger partial charge in [0.25, 0.3) is 0 Å². The molecule has 1 aromatic rings. The Labute approximate surface area is 121 Å². The molecule has 0 fully saturated rings. The average molecular weight is 284 g/mol. The van der Waals surface area contributed by atoms with E-state index >= 15 is 0 Å². The highest BCUT2D eigenvalue weighted by atomic mass is 32.1. The lowest BCUT2D eigenvalue weighted by Gasteiger charge is -2.25. The van der Waals surface area contributed by atoms with E-state index in [2.05, 4.69) is 47.5 Å². The van der Waals surface area contributed by atoms with E-state index in [-0.39, 0.29) is 0 Å². The number of nitrogens with zero attached hydrogens (tertiary/aromatic N) is 3. The van der Waals surface area contributed by atoms with Crippen LogP contribution in [-0.4, -0.2) is 33.6 Å². The molecule has 0 amide bonds. The maximum absolute atomic E-state index is 4.28. The van der Waals surface area contributed by atoms with Crippen LogP contribution in [0.1, 0.15) is 59.1 Å². The van der Waals surface area contributed by atoms with Gasteiger partial charge in [-0.15, -0.1) is 5.10 Å². The molecule has 0 atom stereocenters. The first kappa shape index (κ1) is 16.4. The molecule has 0 aliphatic carbocycles. The second-order valence-corrected chi connectivity index (χ2v) is 6.00. The van der Waals surface area contributed by atoms with Crippen molar-refractivity contribution in [1.29, 1.82) is 0 Å². The molecule has 110 valence electrons. The summed E-state index contributed by atoms with van der Waals surface area (Å²) in [5.41, 5.74) is 1.10. The van der Waals surface area contributed by atoms with E-state index in [1.165, 1.54) is 30.8 Å². The summed E-state index contributed by atoms with van der Waals surface area (Å²) < 4.78 is 4.09. The van der Waals surface area contributed by atoms with Gasteiger partial charge in [0, 0.05) is 30.7 Å². The van der Waals surface area contributed by atoms with Crippen molar-refractivity contribution >= 4 is 16.5 Å². The summed E-state index contributed by atoms with van der Waals surface area (Å²) in [5.74, 6) is 0. The van der Waals surface area contributed by atoms with Gasteiger partial charge in [-0.05, 0) is 33.2 Å². The van der Waals surface area contributed by atoms with Gasteiger partial charge in [0.05, 0.1) is 0 Å². The maximum atomic E-state index is 4.28. The smallest absolute Gasteiger partial charge is 0.134 e. The van der Waals surface area contributed by atoms with Crippen LogP contribution in [0.2, 0.25) is 0 Å². The first-order valence-electron chi connectivity index (χ1n) is 7.48. The van der Waals surface area contributed by atoms with Crippen LogP contribution in [0.15, 0.2) is 0 Å². The van der Waals surface area contributed by atoms with Gasteiger partial charge in [0.1, 0.15) is 10.7 Å². The van der Waals surface area contributed by atoms with Crippen molar-refractivity contribution in [1.82, 2.24) is 14.5 Å². The second kappa shape index (κ2) is 9.26. The third-order valence-electron chi connectivity index (χ3n) is 3.22. The van der Waals surface area contributed by atoms with Crippen LogP contribution in [0.3, 0.4) is 0 Å². The molecule has 0 radical (unpaired) electrons. The minimum atomic E-state index is 0.553. The summed E-state index contributed by atoms with van der Waals surface area (Å²) in [6.07, 6.45) is 4.97. The van der Waals surface area contributed by atoms with E-state index in [1.54, 1.807) is 0 Å². The van der Waals surface area contributed by atoms with Crippen molar-refractivity contribution < 1.29 is 0 Å². The van der Waals surface area contributed by atoms with Crippen molar-refractivity contribution in [3.8, 4) is 0 Å². The molecule has 4 nitrogen and oxygen atoms in total. The first-order chi connectivity index (χ1) is 9.19. The fraction of sp³-hybridized carbons (Fsp3) is 0.857. The lowest BCUT2D eigenvalue weighted by molar-refractivity contribution is 0.206. The summed E-state index contributed by atoms with van der Waals surface area (Å²) in [7, 11) is 0. The first-order valence-corrected chi connectivity index (χ1v) is 8.25. The van der Waals surface area contributed by atoms with Crippen LogP contribution in [0, 0.1) is 0 Å². The normalized spacial score (nSPS) is 11.5. The molecule has 1 heterocycles. The number of unbranched alkanes of at least 4 members (excludes halogenated alkanes) is 2. The van der Waals surface area contributed by atoms with Crippen LogP contribution in [-0.2, 0) is 6.54 Å². The van der Waals surface area contributed by atoms with Crippen LogP contribution < -0.4 is 5.32 Å². The minimum Gasteiger partial charge on any atom is -0.374 e. The molecule has 19 heavy (non-hydrogen) atoms. The van der Waals surface area contributed by atoms with Gasteiger partial charge in [-0.1, -0.05) is 31.2 Å². The summed E-state index contributed by atoms with van der Waals surface area (Å²) in [4.78, 5) is 2.49. The standard InChI is InChI=1S/C14H28N4S/c1-5-7-8-10-18(12(3)4)11-13-14(15-9-6-2)19-17-16-13/h12,15H,5-11H2,1-4H3. The number of rotatable bonds is 10. The molecule has 0 saturated carbocycles. The van der Waals surface area contributed by atoms with Crippen LogP contribution in [0.5, 0.6) is 0 Å². The monoisotopic (exact) mass is 284 g/mol. The number of hydrogen-bond donors (Lipinski definition) is 1. The third kappa shape index (κ3) is 5.87. The summed E-state index contributed by atoms with van der Waals surface area (Å²) >= 11 is 1.47. The predicted molar refractivity (Wildman–Crippen MR) is 83.8 cm³/mol. The lowest BCUT2D eigenvalue weighted by atomic mass is 10.2. The average Bonchev–Trinajstić information content (AvgIpc) is 2.82. The highest BCUT2D eigenvalue weighted by Gasteiger charge is 2.15. The fourth-order valence-electron chi connectivity index (χ4n) is 1.96. The zero-order valence-corrected chi connectivity index (χ0v) is 13.6. The Bertz CT molecular complexity index is 338. The minimum absolute atomic E-state index is 0.553. The van der Waals surface area contributed by atoms with Gasteiger partial charge in [-0.3, -0.25) is 4.90 Å². The van der Waals surface area contributed by atoms with Crippen LogP contribution in [0.25, 0.3) is 0 Å². The number of hydrogen-bond acceptors (Lipinski definition) is 5. The van der Waals surface area contributed by atoms with Gasteiger partial charge in [-0.25, -0.2) is 0 Å². The van der Waals surface area contributed by atoms with E-state index < -0.39 is 0 Å². The maximum Gasteiger partial charge on any atom is 0.134 e. The van der Waals surface area contributed by atoms with Crippen LogP contribution in [0.4, 0.5) is 5.00 Å². The van der Waals surface area contributed by atoms with Gasteiger partial charge < -0.3 is 5.32 Å². The summed E-state index contributed by atoms with van der Waals surface area (Å²) in [6.45, 7) is 12.0. The molecule has 0 aliphatic rings. The topological polar surface area (TPSA) is 41.1 Å². The molecule has 1 aromatic heterocycles. The molecule has 1 rings (SSSR count). The molecular formula is C14H28N4S. The highest BCUT2D eigenvalue weighted by Crippen LogP contribution is 2.20. The Morgan fingerprint density at radius 2 is 2.00 bits per heavy atom. The summed E-state index contributed by atoms with van der Waals surface area (Å²) in [6, 6.07) is 0.553. The van der Waals surface area contributed by atoms with E-state index in [1.807, 2.05) is 0 Å². The Morgan fingerprint density at radius 3 is 2.63 bits per heavy atom. The second-order valence-electron chi connectivity index (χ2n) is 5.25. The van der Waals surface area contributed by atoms with E-state index in [0.29, 0.717) is 6.04 Å². The Kier molecular flexibility index (Phi) is 7.98. The Balaban J connectivity index is 2.55. The third-order valence-corrected chi connectivity index (χ3v) is 3.95. The zero-order chi connectivity index (χ0) is 14.1. The largest absolute Gasteiger partial charge is 0.374 e. The predicted octanol–water partition coefficient (Wildman–Crippen LogP) is 3.76. The van der Waals surface area contributed by atoms with Crippen molar-refractivity contribution in [3.63, 3.8) is 0 Å². The molecule has 0 bridgehead atoms. The van der Waals surface area contributed by atoms with E-state index in [4.69, 9.17) is 0 Å². The Morgan fingerprint density at radius 1 is 1.21 bits per heavy atom. The van der Waals surface area contributed by atoms with Crippen LogP contribution >= 0.6 is 11.5 Å². The van der Waals surface area contributed by atoms with Gasteiger partial charge in [-0.2, -0.15) is 0 Å². The molecule has 0 aromatic carbocycles. The number of aromatic nitrogens is 2. The summed E-state index contributed by atoms with van der Waals surface area (Å²) in [5, 5.41) is 8.85. The lowest BCUT2D eigenvalue weighted by Crippen LogP contribution is -2.31. The van der Waals surface area contributed by atoms with Crippen molar-refractivity contribution in [2.75, 3.05) is 18.4 Å². The van der Waals surface area contributed by atoms with Gasteiger partial charge in [0.2, 0.25) is 0 Å². The molecule has 5 heteroatoms. The molecule has 1 N–H and O–H groups in total. The van der Waals surface area contributed by atoms with E-state index in [9.17, 15) is 0 Å². The van der Waals surface area contributed by atoms with Crippen molar-refractivity contribution in [2.24, 2.45) is 0 Å². The zero-order valence-electron chi connectivity index (χ0n) is 12.8. The van der Waals surface area contributed by atoms with Gasteiger partial charge >= 0.3 is 0 Å². The van der Waals surface area contributed by atoms with Crippen molar-refractivity contribution in [2.45, 2.75) is 66.0 Å².